The number of benzene rings is 2. The van der Waals surface area contributed by atoms with Gasteiger partial charge >= 0.3 is 0 Å². The van der Waals surface area contributed by atoms with Crippen molar-refractivity contribution in [3.05, 3.63) is 59.9 Å². The Bertz CT molecular complexity index is 765. The molecule has 1 heterocycles. The summed E-state index contributed by atoms with van der Waals surface area (Å²) >= 11 is 0. The van der Waals surface area contributed by atoms with E-state index in [1.165, 1.54) is 5.56 Å². The smallest absolute Gasteiger partial charge is 0.121 e. The monoisotopic (exact) mass is 295 g/mol. The second-order valence-corrected chi connectivity index (χ2v) is 5.51. The number of hydrogen-bond acceptors (Lipinski definition) is 3. The van der Waals surface area contributed by atoms with Gasteiger partial charge in [0.15, 0.2) is 0 Å². The van der Waals surface area contributed by atoms with E-state index in [0.29, 0.717) is 6.54 Å². The fourth-order valence-electron chi connectivity index (χ4n) is 2.87. The fourth-order valence-corrected chi connectivity index (χ4v) is 2.87. The lowest BCUT2D eigenvalue weighted by Crippen LogP contribution is -2.18. The molecule has 4 heteroatoms. The molecule has 0 aliphatic heterocycles. The molecule has 0 spiro atoms. The maximum atomic E-state index is 6.02. The van der Waals surface area contributed by atoms with Gasteiger partial charge in [-0.05, 0) is 24.1 Å². The first kappa shape index (κ1) is 14.6. The molecule has 22 heavy (non-hydrogen) atoms. The summed E-state index contributed by atoms with van der Waals surface area (Å²) in [5.41, 5.74) is 9.35. The first-order chi connectivity index (χ1) is 10.7. The van der Waals surface area contributed by atoms with Gasteiger partial charge in [0.05, 0.1) is 18.1 Å². The summed E-state index contributed by atoms with van der Waals surface area (Å²) in [5, 5.41) is 0. The molecule has 0 fully saturated rings. The van der Waals surface area contributed by atoms with Gasteiger partial charge in [-0.1, -0.05) is 30.3 Å². The largest absolute Gasteiger partial charge is 0.497 e. The van der Waals surface area contributed by atoms with Crippen molar-refractivity contribution in [3.8, 4) is 5.75 Å². The van der Waals surface area contributed by atoms with Crippen molar-refractivity contribution in [1.82, 2.24) is 9.55 Å². The molecule has 0 saturated heterocycles. The van der Waals surface area contributed by atoms with E-state index in [4.69, 9.17) is 15.5 Å². The van der Waals surface area contributed by atoms with E-state index >= 15 is 0 Å². The molecule has 1 atom stereocenters. The van der Waals surface area contributed by atoms with Crippen LogP contribution in [0.1, 0.15) is 17.3 Å². The quantitative estimate of drug-likeness (QED) is 0.787. The van der Waals surface area contributed by atoms with Crippen molar-refractivity contribution in [1.29, 1.82) is 0 Å². The number of imidazole rings is 1. The van der Waals surface area contributed by atoms with Crippen LogP contribution < -0.4 is 10.5 Å². The average molecular weight is 295 g/mol. The van der Waals surface area contributed by atoms with Crippen LogP contribution in [0.2, 0.25) is 0 Å². The lowest BCUT2D eigenvalue weighted by Gasteiger charge is -2.14. The standard InChI is InChI=1S/C18H21N3O/c1-21-17-9-8-15(22-2)11-16(17)20-18(21)14(12-19)10-13-6-4-3-5-7-13/h3-9,11,14H,10,12,19H2,1-2H3. The second kappa shape index (κ2) is 6.20. The highest BCUT2D eigenvalue weighted by molar-refractivity contribution is 5.77. The molecule has 0 saturated carbocycles. The van der Waals surface area contributed by atoms with Crippen LogP contribution in [0.5, 0.6) is 5.75 Å². The van der Waals surface area contributed by atoms with Gasteiger partial charge in [0, 0.05) is 25.6 Å². The van der Waals surface area contributed by atoms with Crippen LogP contribution in [0.4, 0.5) is 0 Å². The number of methoxy groups -OCH3 is 1. The van der Waals surface area contributed by atoms with E-state index in [1.54, 1.807) is 7.11 Å². The Morgan fingerprint density at radius 2 is 1.95 bits per heavy atom. The summed E-state index contributed by atoms with van der Waals surface area (Å²) in [6.07, 6.45) is 0.894. The first-order valence-electron chi connectivity index (χ1n) is 7.47. The number of ether oxygens (including phenoxy) is 1. The van der Waals surface area contributed by atoms with E-state index in [-0.39, 0.29) is 5.92 Å². The molecule has 2 aromatic carbocycles. The molecule has 0 radical (unpaired) electrons. The van der Waals surface area contributed by atoms with Crippen molar-refractivity contribution in [2.45, 2.75) is 12.3 Å². The number of aryl methyl sites for hydroxylation is 1. The summed E-state index contributed by atoms with van der Waals surface area (Å²) in [6, 6.07) is 16.4. The zero-order valence-electron chi connectivity index (χ0n) is 13.0. The van der Waals surface area contributed by atoms with Crippen LogP contribution in [0.15, 0.2) is 48.5 Å². The van der Waals surface area contributed by atoms with Gasteiger partial charge in [-0.3, -0.25) is 0 Å². The molecule has 0 aliphatic carbocycles. The molecule has 0 bridgehead atoms. The number of fused-ring (bicyclic) bond motifs is 1. The highest BCUT2D eigenvalue weighted by Crippen LogP contribution is 2.26. The molecular weight excluding hydrogens is 274 g/mol. The van der Waals surface area contributed by atoms with Crippen LogP contribution in [0, 0.1) is 0 Å². The molecular formula is C18H21N3O. The maximum absolute atomic E-state index is 6.02. The SMILES string of the molecule is COc1ccc2c(c1)nc(C(CN)Cc1ccccc1)n2C. The average Bonchev–Trinajstić information content (AvgIpc) is 2.89. The third kappa shape index (κ3) is 2.70. The third-order valence-corrected chi connectivity index (χ3v) is 4.10. The molecule has 0 amide bonds. The highest BCUT2D eigenvalue weighted by atomic mass is 16.5. The van der Waals surface area contributed by atoms with Gasteiger partial charge in [-0.25, -0.2) is 4.98 Å². The molecule has 1 aromatic heterocycles. The summed E-state index contributed by atoms with van der Waals surface area (Å²) in [6.45, 7) is 0.573. The maximum Gasteiger partial charge on any atom is 0.121 e. The number of nitrogens with two attached hydrogens (primary N) is 1. The molecule has 4 nitrogen and oxygen atoms in total. The van der Waals surface area contributed by atoms with Crippen LogP contribution in [-0.2, 0) is 13.5 Å². The van der Waals surface area contributed by atoms with Gasteiger partial charge < -0.3 is 15.0 Å². The van der Waals surface area contributed by atoms with Gasteiger partial charge in [0.25, 0.3) is 0 Å². The molecule has 0 aliphatic rings. The lowest BCUT2D eigenvalue weighted by atomic mass is 9.98. The molecule has 1 unspecified atom stereocenters. The van der Waals surface area contributed by atoms with E-state index < -0.39 is 0 Å². The van der Waals surface area contributed by atoms with Gasteiger partial charge in [-0.2, -0.15) is 0 Å². The minimum atomic E-state index is 0.200. The van der Waals surface area contributed by atoms with Crippen LogP contribution in [0.25, 0.3) is 11.0 Å². The first-order valence-corrected chi connectivity index (χ1v) is 7.47. The fraction of sp³-hybridized carbons (Fsp3) is 0.278. The minimum Gasteiger partial charge on any atom is -0.497 e. The van der Waals surface area contributed by atoms with Crippen molar-refractivity contribution in [3.63, 3.8) is 0 Å². The number of nitrogens with zero attached hydrogens (tertiary/aromatic N) is 2. The zero-order valence-corrected chi connectivity index (χ0v) is 13.0. The second-order valence-electron chi connectivity index (χ2n) is 5.51. The Kier molecular flexibility index (Phi) is 4.11. The van der Waals surface area contributed by atoms with Crippen molar-refractivity contribution in [2.24, 2.45) is 12.8 Å². The predicted molar refractivity (Wildman–Crippen MR) is 89.2 cm³/mol. The topological polar surface area (TPSA) is 53.1 Å². The Hall–Kier alpha value is -2.33. The van der Waals surface area contributed by atoms with Crippen molar-refractivity contribution >= 4 is 11.0 Å². The number of rotatable bonds is 5. The summed E-state index contributed by atoms with van der Waals surface area (Å²) in [4.78, 5) is 4.79. The van der Waals surface area contributed by atoms with Crippen molar-refractivity contribution < 1.29 is 4.74 Å². The van der Waals surface area contributed by atoms with Gasteiger partial charge in [0.1, 0.15) is 11.6 Å². The van der Waals surface area contributed by atoms with Crippen molar-refractivity contribution in [2.75, 3.05) is 13.7 Å². The number of aromatic nitrogens is 2. The third-order valence-electron chi connectivity index (χ3n) is 4.10. The normalized spacial score (nSPS) is 12.5. The predicted octanol–water partition coefficient (Wildman–Crippen LogP) is 2.87. The van der Waals surface area contributed by atoms with Crippen LogP contribution in [-0.4, -0.2) is 23.2 Å². The minimum absolute atomic E-state index is 0.200. The summed E-state index contributed by atoms with van der Waals surface area (Å²) in [7, 11) is 3.72. The molecule has 3 aromatic rings. The Labute approximate surface area is 130 Å². The lowest BCUT2D eigenvalue weighted by molar-refractivity contribution is 0.415. The van der Waals surface area contributed by atoms with Crippen LogP contribution >= 0.6 is 0 Å². The van der Waals surface area contributed by atoms with E-state index in [2.05, 4.69) is 28.8 Å². The Balaban J connectivity index is 1.98. The summed E-state index contributed by atoms with van der Waals surface area (Å²) in [5.74, 6) is 2.05. The van der Waals surface area contributed by atoms with E-state index in [0.717, 1.165) is 29.0 Å². The van der Waals surface area contributed by atoms with E-state index in [1.807, 2.05) is 31.3 Å². The highest BCUT2D eigenvalue weighted by Gasteiger charge is 2.18. The molecule has 114 valence electrons. The zero-order chi connectivity index (χ0) is 15.5. The van der Waals surface area contributed by atoms with Gasteiger partial charge in [-0.15, -0.1) is 0 Å². The Morgan fingerprint density at radius 1 is 1.18 bits per heavy atom. The van der Waals surface area contributed by atoms with E-state index in [9.17, 15) is 0 Å². The Morgan fingerprint density at radius 3 is 2.64 bits per heavy atom. The summed E-state index contributed by atoms with van der Waals surface area (Å²) < 4.78 is 7.41. The van der Waals surface area contributed by atoms with Gasteiger partial charge in [0.2, 0.25) is 0 Å². The molecule has 3 rings (SSSR count). The van der Waals surface area contributed by atoms with Crippen LogP contribution in [0.3, 0.4) is 0 Å². The number of hydrogen-bond donors (Lipinski definition) is 1. The molecule has 2 N–H and O–H groups in total.